The summed E-state index contributed by atoms with van der Waals surface area (Å²) in [6.45, 7) is 2.94. The van der Waals surface area contributed by atoms with Crippen LogP contribution in [0.2, 0.25) is 0 Å². The Morgan fingerprint density at radius 1 is 1.18 bits per heavy atom. The second-order valence-corrected chi connectivity index (χ2v) is 4.52. The van der Waals surface area contributed by atoms with Gasteiger partial charge >= 0.3 is 0 Å². The summed E-state index contributed by atoms with van der Waals surface area (Å²) < 4.78 is 12.9. The van der Waals surface area contributed by atoms with Crippen LogP contribution in [0.25, 0.3) is 0 Å². The summed E-state index contributed by atoms with van der Waals surface area (Å²) in [6, 6.07) is 5.55. The van der Waals surface area contributed by atoms with E-state index in [9.17, 15) is 4.39 Å². The summed E-state index contributed by atoms with van der Waals surface area (Å²) in [5.74, 6) is 0.203. The Bertz CT molecular complexity index is 536. The smallest absolute Gasteiger partial charge is 0.242 e. The number of nitrogens with zero attached hydrogens (tertiary/aromatic N) is 3. The molecular weight excluding hydrogens is 328 g/mol. The van der Waals surface area contributed by atoms with Crippen LogP contribution >= 0.6 is 24.8 Å². The van der Waals surface area contributed by atoms with Crippen LogP contribution in [-0.4, -0.2) is 21.7 Å². The Hall–Kier alpha value is -1.50. The lowest BCUT2D eigenvalue weighted by Crippen LogP contribution is -2.16. The zero-order chi connectivity index (χ0) is 14.4. The van der Waals surface area contributed by atoms with Crippen LogP contribution in [0.15, 0.2) is 30.5 Å². The van der Waals surface area contributed by atoms with E-state index in [0.717, 1.165) is 24.9 Å². The average Bonchev–Trinajstić information content (AvgIpc) is 2.48. The third kappa shape index (κ3) is 5.71. The summed E-state index contributed by atoms with van der Waals surface area (Å²) in [6.07, 6.45) is 3.75. The first-order valence-electron chi connectivity index (χ1n) is 6.65. The van der Waals surface area contributed by atoms with Crippen molar-refractivity contribution >= 4 is 30.8 Å². The first-order chi connectivity index (χ1) is 9.70. The van der Waals surface area contributed by atoms with Gasteiger partial charge in [-0.25, -0.2) is 9.37 Å². The molecule has 22 heavy (non-hydrogen) atoms. The number of rotatable bonds is 6. The highest BCUT2D eigenvalue weighted by Gasteiger charge is 2.11. The lowest BCUT2D eigenvalue weighted by Gasteiger charge is -2.11. The van der Waals surface area contributed by atoms with E-state index < -0.39 is 6.04 Å². The summed E-state index contributed by atoms with van der Waals surface area (Å²) in [5, 5.41) is 11.1. The molecule has 0 aliphatic carbocycles. The molecule has 2 rings (SSSR count). The minimum absolute atomic E-state index is 0. The molecule has 5 nitrogen and oxygen atoms in total. The number of aromatic nitrogens is 3. The van der Waals surface area contributed by atoms with Gasteiger partial charge < -0.3 is 11.1 Å². The number of hydrogen-bond donors (Lipinski definition) is 2. The second kappa shape index (κ2) is 10.3. The van der Waals surface area contributed by atoms with Crippen molar-refractivity contribution in [1.29, 1.82) is 0 Å². The lowest BCUT2D eigenvalue weighted by molar-refractivity contribution is 0.626. The molecule has 1 heterocycles. The maximum atomic E-state index is 12.9. The first kappa shape index (κ1) is 20.5. The number of halogens is 3. The molecule has 3 N–H and O–H groups in total. The van der Waals surface area contributed by atoms with E-state index in [1.165, 1.54) is 12.1 Å². The monoisotopic (exact) mass is 347 g/mol. The van der Waals surface area contributed by atoms with Gasteiger partial charge in [0, 0.05) is 6.54 Å². The van der Waals surface area contributed by atoms with Crippen LogP contribution in [0.4, 0.5) is 10.3 Å². The zero-order valence-electron chi connectivity index (χ0n) is 12.2. The molecular formula is C14H20Cl2FN5. The third-order valence-corrected chi connectivity index (χ3v) is 2.94. The van der Waals surface area contributed by atoms with Gasteiger partial charge in [-0.15, -0.1) is 35.0 Å². The molecule has 0 spiro atoms. The number of benzene rings is 1. The lowest BCUT2D eigenvalue weighted by atomic mass is 10.1. The van der Waals surface area contributed by atoms with Crippen LogP contribution in [0.5, 0.6) is 0 Å². The van der Waals surface area contributed by atoms with E-state index in [1.54, 1.807) is 18.3 Å². The van der Waals surface area contributed by atoms with E-state index in [1.807, 2.05) is 0 Å². The van der Waals surface area contributed by atoms with Crippen LogP contribution < -0.4 is 11.1 Å². The fourth-order valence-electron chi connectivity index (χ4n) is 1.73. The van der Waals surface area contributed by atoms with Gasteiger partial charge in [0.25, 0.3) is 0 Å². The number of hydrogen-bond acceptors (Lipinski definition) is 5. The largest absolute Gasteiger partial charge is 0.353 e. The third-order valence-electron chi connectivity index (χ3n) is 2.94. The molecule has 0 saturated carbocycles. The van der Waals surface area contributed by atoms with Crippen molar-refractivity contribution < 1.29 is 4.39 Å². The van der Waals surface area contributed by atoms with Gasteiger partial charge in [0.2, 0.25) is 5.95 Å². The number of anilines is 1. The van der Waals surface area contributed by atoms with E-state index >= 15 is 0 Å². The predicted octanol–water partition coefficient (Wildman–Crippen LogP) is 3.11. The molecule has 0 fully saturated rings. The van der Waals surface area contributed by atoms with Crippen LogP contribution in [-0.2, 0) is 0 Å². The maximum Gasteiger partial charge on any atom is 0.242 e. The van der Waals surface area contributed by atoms with Gasteiger partial charge in [-0.1, -0.05) is 25.5 Å². The van der Waals surface area contributed by atoms with Gasteiger partial charge in [-0.3, -0.25) is 0 Å². The maximum absolute atomic E-state index is 12.9. The van der Waals surface area contributed by atoms with Crippen LogP contribution in [0.3, 0.4) is 0 Å². The van der Waals surface area contributed by atoms with Crippen molar-refractivity contribution in [2.75, 3.05) is 11.9 Å². The highest BCUT2D eigenvalue weighted by molar-refractivity contribution is 5.85. The van der Waals surface area contributed by atoms with E-state index in [4.69, 9.17) is 5.73 Å². The average molecular weight is 348 g/mol. The quantitative estimate of drug-likeness (QED) is 0.785. The molecule has 0 amide bonds. The highest BCUT2D eigenvalue weighted by Crippen LogP contribution is 2.17. The standard InChI is InChI=1S/C14H18FN5.2ClH/c1-2-3-8-17-14-18-9-12(19-20-14)13(16)10-4-6-11(15)7-5-10;;/h4-7,9,13H,2-3,8,16H2,1H3,(H,17,18,20);2*1H. The number of unbranched alkanes of at least 4 members (excludes halogenated alkanes) is 1. The molecule has 0 radical (unpaired) electrons. The van der Waals surface area contributed by atoms with Crippen molar-refractivity contribution in [3.05, 3.63) is 47.5 Å². The Balaban J connectivity index is 0.00000220. The van der Waals surface area contributed by atoms with Gasteiger partial charge in [0.1, 0.15) is 11.5 Å². The van der Waals surface area contributed by atoms with Crippen molar-refractivity contribution in [3.63, 3.8) is 0 Å². The summed E-state index contributed by atoms with van der Waals surface area (Å²) in [5.41, 5.74) is 7.38. The minimum atomic E-state index is -0.458. The number of nitrogens with two attached hydrogens (primary N) is 1. The Morgan fingerprint density at radius 2 is 1.86 bits per heavy atom. The van der Waals surface area contributed by atoms with Gasteiger partial charge in [-0.05, 0) is 24.1 Å². The first-order valence-corrected chi connectivity index (χ1v) is 6.65. The molecule has 1 aromatic carbocycles. The van der Waals surface area contributed by atoms with Crippen LogP contribution in [0, 0.1) is 5.82 Å². The second-order valence-electron chi connectivity index (χ2n) is 4.52. The minimum Gasteiger partial charge on any atom is -0.353 e. The normalized spacial score (nSPS) is 11.0. The highest BCUT2D eigenvalue weighted by atomic mass is 35.5. The SMILES string of the molecule is CCCCNc1ncc(C(N)c2ccc(F)cc2)nn1.Cl.Cl. The van der Waals surface area contributed by atoms with Crippen LogP contribution in [0.1, 0.15) is 37.1 Å². The topological polar surface area (TPSA) is 76.7 Å². The van der Waals surface area contributed by atoms with E-state index in [2.05, 4.69) is 27.4 Å². The molecule has 122 valence electrons. The molecule has 1 atom stereocenters. The molecule has 0 bridgehead atoms. The van der Waals surface area contributed by atoms with Crippen molar-refractivity contribution in [2.24, 2.45) is 5.73 Å². The molecule has 2 aromatic rings. The molecule has 0 saturated heterocycles. The number of nitrogens with one attached hydrogen (secondary N) is 1. The van der Waals surface area contributed by atoms with Gasteiger partial charge in [0.05, 0.1) is 12.2 Å². The summed E-state index contributed by atoms with van der Waals surface area (Å²) in [7, 11) is 0. The van der Waals surface area contributed by atoms with E-state index in [-0.39, 0.29) is 30.6 Å². The Morgan fingerprint density at radius 3 is 2.41 bits per heavy atom. The van der Waals surface area contributed by atoms with Crippen molar-refractivity contribution in [3.8, 4) is 0 Å². The summed E-state index contributed by atoms with van der Waals surface area (Å²) in [4.78, 5) is 4.18. The predicted molar refractivity (Wildman–Crippen MR) is 90.2 cm³/mol. The fraction of sp³-hybridized carbons (Fsp3) is 0.357. The molecule has 1 aromatic heterocycles. The fourth-order valence-corrected chi connectivity index (χ4v) is 1.73. The zero-order valence-corrected chi connectivity index (χ0v) is 13.8. The Labute approximate surface area is 141 Å². The van der Waals surface area contributed by atoms with Gasteiger partial charge in [0.15, 0.2) is 0 Å². The van der Waals surface area contributed by atoms with Gasteiger partial charge in [-0.2, -0.15) is 0 Å². The molecule has 8 heteroatoms. The molecule has 1 unspecified atom stereocenters. The Kier molecular flexibility index (Phi) is 9.56. The molecule has 0 aliphatic rings. The summed E-state index contributed by atoms with van der Waals surface area (Å²) >= 11 is 0. The van der Waals surface area contributed by atoms with Crippen molar-refractivity contribution in [1.82, 2.24) is 15.2 Å². The van der Waals surface area contributed by atoms with Crippen molar-refractivity contribution in [2.45, 2.75) is 25.8 Å². The molecule has 0 aliphatic heterocycles. The van der Waals surface area contributed by atoms with E-state index in [0.29, 0.717) is 11.6 Å².